The Balaban J connectivity index is 1.39. The Morgan fingerprint density at radius 2 is 1.93 bits per heavy atom. The number of hydrogen-bond acceptors (Lipinski definition) is 5. The Labute approximate surface area is 174 Å². The maximum atomic E-state index is 12.4. The first-order chi connectivity index (χ1) is 14.5. The number of carbonyl (C=O) groups is 2. The van der Waals surface area contributed by atoms with Gasteiger partial charge in [0.25, 0.3) is 11.8 Å². The lowest BCUT2D eigenvalue weighted by Gasteiger charge is -2.25. The minimum Gasteiger partial charge on any atom is -0.485 e. The predicted molar refractivity (Wildman–Crippen MR) is 108 cm³/mol. The first-order valence-corrected chi connectivity index (χ1v) is 9.77. The van der Waals surface area contributed by atoms with Crippen molar-refractivity contribution in [2.24, 2.45) is 0 Å². The number of benzene rings is 1. The number of fused-ring (bicyclic) bond motifs is 1. The van der Waals surface area contributed by atoms with Gasteiger partial charge in [-0.3, -0.25) is 20.4 Å². The second kappa shape index (κ2) is 7.95. The summed E-state index contributed by atoms with van der Waals surface area (Å²) < 4.78 is 13.3. The molecule has 2 N–H and O–H groups in total. The first kappa shape index (κ1) is 19.6. The van der Waals surface area contributed by atoms with E-state index in [0.29, 0.717) is 17.5 Å². The topological polar surface area (TPSA) is 105 Å². The number of nitrogens with one attached hydrogen (secondary N) is 2. The molecule has 1 fully saturated rings. The highest BCUT2D eigenvalue weighted by Crippen LogP contribution is 2.38. The maximum absolute atomic E-state index is 12.4. The molecule has 30 heavy (non-hydrogen) atoms. The summed E-state index contributed by atoms with van der Waals surface area (Å²) in [7, 11) is 0. The zero-order chi connectivity index (χ0) is 21.3. The molecule has 0 spiro atoms. The molecule has 1 unspecified atom stereocenters. The molecule has 0 bridgehead atoms. The molecule has 1 aliphatic heterocycles. The summed E-state index contributed by atoms with van der Waals surface area (Å²) in [5.41, 5.74) is 7.42. The van der Waals surface area contributed by atoms with Crippen molar-refractivity contribution in [1.29, 1.82) is 5.26 Å². The van der Waals surface area contributed by atoms with Crippen molar-refractivity contribution in [3.63, 3.8) is 0 Å². The number of aromatic nitrogens is 1. The van der Waals surface area contributed by atoms with E-state index in [1.165, 1.54) is 0 Å². The van der Waals surface area contributed by atoms with E-state index in [4.69, 9.17) is 9.47 Å². The second-order valence-corrected chi connectivity index (χ2v) is 7.41. The number of carbonyl (C=O) groups excluding carboxylic acids is 2. The van der Waals surface area contributed by atoms with Gasteiger partial charge in [0.15, 0.2) is 11.5 Å². The lowest BCUT2D eigenvalue weighted by molar-refractivity contribution is -0.134. The smallest absolute Gasteiger partial charge is 0.283 e. The highest BCUT2D eigenvalue weighted by molar-refractivity contribution is 6.02. The zero-order valence-corrected chi connectivity index (χ0v) is 16.8. The molecule has 1 aliphatic carbocycles. The van der Waals surface area contributed by atoms with Crippen LogP contribution in [0.3, 0.4) is 0 Å². The molecular formula is C22H22N4O4. The van der Waals surface area contributed by atoms with Crippen molar-refractivity contribution in [2.75, 3.05) is 6.61 Å². The third-order valence-electron chi connectivity index (χ3n) is 5.20. The summed E-state index contributed by atoms with van der Waals surface area (Å²) in [6, 6.07) is 11.4. The number of nitrogens with zero attached hydrogens (tertiary/aromatic N) is 2. The number of para-hydroxylation sites is 2. The average molecular weight is 406 g/mol. The molecule has 2 amide bonds. The number of hydrazine groups is 1. The number of hydrogen-bond donors (Lipinski definition) is 2. The highest BCUT2D eigenvalue weighted by Gasteiger charge is 2.28. The quantitative estimate of drug-likeness (QED) is 0.461. The molecule has 8 nitrogen and oxygen atoms in total. The summed E-state index contributed by atoms with van der Waals surface area (Å²) in [5.74, 6) is -0.246. The zero-order valence-electron chi connectivity index (χ0n) is 16.8. The van der Waals surface area contributed by atoms with Crippen LogP contribution in [-0.2, 0) is 9.59 Å². The SMILES string of the molecule is Cc1cc(/C=C(\C#N)C(=O)NNC(=O)C2COc3ccccc3O2)c(C)n1C1CC1. The Hall–Kier alpha value is -3.73. The first-order valence-electron chi connectivity index (χ1n) is 9.77. The summed E-state index contributed by atoms with van der Waals surface area (Å²) in [6.07, 6.45) is 2.93. The van der Waals surface area contributed by atoms with Crippen LogP contribution in [0, 0.1) is 25.2 Å². The Bertz CT molecular complexity index is 1080. The normalized spacial score (nSPS) is 17.8. The average Bonchev–Trinajstić information content (AvgIpc) is 3.54. The number of rotatable bonds is 4. The standard InChI is InChI=1S/C22H22N4O4/c1-13-9-15(14(2)26(13)17-7-8-17)10-16(11-23)21(27)24-25-22(28)20-12-29-18-5-3-4-6-19(18)30-20/h3-6,9-10,17,20H,7-8,12H2,1-2H3,(H,24,27)(H,25,28)/b16-10+. The van der Waals surface area contributed by atoms with Gasteiger partial charge in [0.2, 0.25) is 6.10 Å². The summed E-state index contributed by atoms with van der Waals surface area (Å²) in [4.78, 5) is 24.7. The monoisotopic (exact) mass is 406 g/mol. The molecule has 2 heterocycles. The summed E-state index contributed by atoms with van der Waals surface area (Å²) >= 11 is 0. The summed E-state index contributed by atoms with van der Waals surface area (Å²) in [5, 5.41) is 9.43. The largest absolute Gasteiger partial charge is 0.485 e. The van der Waals surface area contributed by atoms with Gasteiger partial charge in [-0.05, 0) is 56.5 Å². The van der Waals surface area contributed by atoms with E-state index in [2.05, 4.69) is 15.4 Å². The molecular weight excluding hydrogens is 384 g/mol. The molecule has 8 heteroatoms. The lowest BCUT2D eigenvalue weighted by Crippen LogP contribution is -2.51. The molecule has 1 aromatic carbocycles. The molecule has 1 saturated carbocycles. The van der Waals surface area contributed by atoms with Crippen LogP contribution in [0.25, 0.3) is 6.08 Å². The van der Waals surface area contributed by atoms with Gasteiger partial charge in [-0.1, -0.05) is 12.1 Å². The molecule has 2 aliphatic rings. The van der Waals surface area contributed by atoms with Crippen molar-refractivity contribution in [3.8, 4) is 17.6 Å². The third kappa shape index (κ3) is 3.87. The predicted octanol–water partition coefficient (Wildman–Crippen LogP) is 2.33. The van der Waals surface area contributed by atoms with Crippen LogP contribution in [-0.4, -0.2) is 29.1 Å². The van der Waals surface area contributed by atoms with Crippen molar-refractivity contribution >= 4 is 17.9 Å². The fourth-order valence-corrected chi connectivity index (χ4v) is 3.56. The molecule has 0 saturated heterocycles. The van der Waals surface area contributed by atoms with Gasteiger partial charge in [-0.25, -0.2) is 0 Å². The van der Waals surface area contributed by atoms with Gasteiger partial charge in [-0.2, -0.15) is 5.26 Å². The Morgan fingerprint density at radius 1 is 1.20 bits per heavy atom. The van der Waals surface area contributed by atoms with Gasteiger partial charge < -0.3 is 14.0 Å². The third-order valence-corrected chi connectivity index (χ3v) is 5.20. The molecule has 1 atom stereocenters. The van der Waals surface area contributed by atoms with E-state index < -0.39 is 17.9 Å². The fraction of sp³-hybridized carbons (Fsp3) is 0.318. The van der Waals surface area contributed by atoms with E-state index in [9.17, 15) is 14.9 Å². The highest BCUT2D eigenvalue weighted by atomic mass is 16.6. The number of nitriles is 1. The van der Waals surface area contributed by atoms with Gasteiger partial charge >= 0.3 is 0 Å². The van der Waals surface area contributed by atoms with Crippen molar-refractivity contribution in [2.45, 2.75) is 38.8 Å². The van der Waals surface area contributed by atoms with E-state index in [1.807, 2.05) is 26.0 Å². The minimum absolute atomic E-state index is 0.0207. The van der Waals surface area contributed by atoms with Crippen LogP contribution in [0.2, 0.25) is 0 Å². The van der Waals surface area contributed by atoms with Crippen LogP contribution >= 0.6 is 0 Å². The van der Waals surface area contributed by atoms with Crippen molar-refractivity contribution < 1.29 is 19.1 Å². The van der Waals surface area contributed by atoms with Crippen molar-refractivity contribution in [1.82, 2.24) is 15.4 Å². The van der Waals surface area contributed by atoms with E-state index in [1.54, 1.807) is 30.3 Å². The maximum Gasteiger partial charge on any atom is 0.283 e. The van der Waals surface area contributed by atoms with E-state index in [0.717, 1.165) is 29.8 Å². The van der Waals surface area contributed by atoms with Crippen LogP contribution in [0.5, 0.6) is 11.5 Å². The van der Waals surface area contributed by atoms with Gasteiger partial charge in [0.1, 0.15) is 18.2 Å². The molecule has 4 rings (SSSR count). The van der Waals surface area contributed by atoms with Crippen molar-refractivity contribution in [3.05, 3.63) is 52.9 Å². The molecule has 1 aromatic heterocycles. The lowest BCUT2D eigenvalue weighted by atomic mass is 10.1. The number of amides is 2. The van der Waals surface area contributed by atoms with Gasteiger partial charge in [0, 0.05) is 17.4 Å². The Morgan fingerprint density at radius 3 is 2.63 bits per heavy atom. The summed E-state index contributed by atoms with van der Waals surface area (Å²) in [6.45, 7) is 4.01. The van der Waals surface area contributed by atoms with Gasteiger partial charge in [-0.15, -0.1) is 0 Å². The molecule has 0 radical (unpaired) electrons. The van der Waals surface area contributed by atoms with E-state index >= 15 is 0 Å². The minimum atomic E-state index is -0.910. The van der Waals surface area contributed by atoms with Crippen LogP contribution in [0.15, 0.2) is 35.9 Å². The van der Waals surface area contributed by atoms with Crippen LogP contribution in [0.4, 0.5) is 0 Å². The Kier molecular flexibility index (Phi) is 5.19. The molecule has 154 valence electrons. The van der Waals surface area contributed by atoms with Crippen LogP contribution in [0.1, 0.15) is 35.8 Å². The number of ether oxygens (including phenoxy) is 2. The van der Waals surface area contributed by atoms with Gasteiger partial charge in [0.05, 0.1) is 0 Å². The number of aryl methyl sites for hydroxylation is 1. The molecule has 2 aromatic rings. The van der Waals surface area contributed by atoms with E-state index in [-0.39, 0.29) is 12.2 Å². The fourth-order valence-electron chi connectivity index (χ4n) is 3.56. The van der Waals surface area contributed by atoms with Crippen LogP contribution < -0.4 is 20.3 Å². The second-order valence-electron chi connectivity index (χ2n) is 7.41.